The third-order valence-electron chi connectivity index (χ3n) is 2.40. The number of anilines is 2. The minimum atomic E-state index is -4.50. The van der Waals surface area contributed by atoms with Crippen molar-refractivity contribution in [2.45, 2.75) is 26.4 Å². The molecule has 0 aliphatic carbocycles. The average molecular weight is 293 g/mol. The van der Waals surface area contributed by atoms with E-state index >= 15 is 0 Å². The Morgan fingerprint density at radius 2 is 2.00 bits per heavy atom. The Labute approximate surface area is 112 Å². The highest BCUT2D eigenvalue weighted by Crippen LogP contribution is 2.31. The molecule has 1 heterocycles. The highest BCUT2D eigenvalue weighted by Gasteiger charge is 2.35. The van der Waals surface area contributed by atoms with Gasteiger partial charge in [0.2, 0.25) is 11.8 Å². The predicted molar refractivity (Wildman–Crippen MR) is 66.4 cm³/mol. The van der Waals surface area contributed by atoms with Gasteiger partial charge in [0.15, 0.2) is 0 Å². The smallest absolute Gasteiger partial charge is 0.368 e. The molecule has 7 nitrogen and oxygen atoms in total. The van der Waals surface area contributed by atoms with Crippen molar-refractivity contribution in [3.8, 4) is 0 Å². The van der Waals surface area contributed by atoms with Gasteiger partial charge in [-0.2, -0.15) is 18.2 Å². The summed E-state index contributed by atoms with van der Waals surface area (Å²) in [4.78, 5) is 18.2. The van der Waals surface area contributed by atoms with E-state index in [-0.39, 0.29) is 18.2 Å². The van der Waals surface area contributed by atoms with Gasteiger partial charge in [-0.25, -0.2) is 4.98 Å². The van der Waals surface area contributed by atoms with Gasteiger partial charge in [0.25, 0.3) is 0 Å². The van der Waals surface area contributed by atoms with E-state index in [0.717, 1.165) is 4.90 Å². The quantitative estimate of drug-likeness (QED) is 0.659. The summed E-state index contributed by atoms with van der Waals surface area (Å²) >= 11 is 0. The zero-order valence-electron chi connectivity index (χ0n) is 10.9. The number of nitro groups is 1. The van der Waals surface area contributed by atoms with Gasteiger partial charge in [0.05, 0.1) is 4.92 Å². The van der Waals surface area contributed by atoms with Crippen molar-refractivity contribution in [1.29, 1.82) is 0 Å². The molecule has 0 aliphatic rings. The highest BCUT2D eigenvalue weighted by molar-refractivity contribution is 5.62. The number of hydrogen-bond acceptors (Lipinski definition) is 6. The molecule has 0 bridgehead atoms. The zero-order chi connectivity index (χ0) is 15.5. The van der Waals surface area contributed by atoms with E-state index in [0.29, 0.717) is 6.42 Å². The van der Waals surface area contributed by atoms with Crippen molar-refractivity contribution in [1.82, 2.24) is 9.97 Å². The van der Waals surface area contributed by atoms with Gasteiger partial charge >= 0.3 is 11.9 Å². The van der Waals surface area contributed by atoms with Crippen LogP contribution in [0.4, 0.5) is 30.6 Å². The minimum Gasteiger partial charge on any atom is -0.368 e. The lowest BCUT2D eigenvalue weighted by molar-refractivity contribution is -0.385. The second-order valence-corrected chi connectivity index (χ2v) is 4.13. The number of halogens is 3. The molecule has 20 heavy (non-hydrogen) atoms. The number of nitrogen functional groups attached to an aromatic ring is 1. The van der Waals surface area contributed by atoms with Crippen LogP contribution in [0.3, 0.4) is 0 Å². The summed E-state index contributed by atoms with van der Waals surface area (Å²) in [7, 11) is 0. The monoisotopic (exact) mass is 293 g/mol. The first-order chi connectivity index (χ1) is 9.15. The third kappa shape index (κ3) is 3.93. The molecule has 0 saturated heterocycles. The molecule has 2 N–H and O–H groups in total. The second-order valence-electron chi connectivity index (χ2n) is 4.13. The summed E-state index contributed by atoms with van der Waals surface area (Å²) in [6.45, 7) is 1.60. The van der Waals surface area contributed by atoms with Crippen LogP contribution in [-0.2, 0) is 0 Å². The van der Waals surface area contributed by atoms with Crippen molar-refractivity contribution >= 4 is 17.5 Å². The minimum absolute atomic E-state index is 0.0315. The molecular weight excluding hydrogens is 279 g/mol. The number of rotatable bonds is 5. The fraction of sp³-hybridized carbons (Fsp3) is 0.600. The third-order valence-corrected chi connectivity index (χ3v) is 2.40. The highest BCUT2D eigenvalue weighted by atomic mass is 19.4. The van der Waals surface area contributed by atoms with E-state index in [9.17, 15) is 23.3 Å². The van der Waals surface area contributed by atoms with E-state index < -0.39 is 29.1 Å². The number of hydrogen-bond donors (Lipinski definition) is 1. The first-order valence-corrected chi connectivity index (χ1v) is 5.76. The van der Waals surface area contributed by atoms with Crippen molar-refractivity contribution < 1.29 is 18.1 Å². The number of nitrogens with two attached hydrogens (primary N) is 1. The van der Waals surface area contributed by atoms with Crippen LogP contribution >= 0.6 is 0 Å². The molecule has 0 unspecified atom stereocenters. The Bertz CT molecular complexity index is 506. The van der Waals surface area contributed by atoms with Crippen molar-refractivity contribution in [3.63, 3.8) is 0 Å². The topological polar surface area (TPSA) is 98.2 Å². The maximum Gasteiger partial charge on any atom is 0.405 e. The van der Waals surface area contributed by atoms with Crippen LogP contribution in [-0.4, -0.2) is 34.2 Å². The molecule has 0 aliphatic heterocycles. The van der Waals surface area contributed by atoms with Gasteiger partial charge in [0, 0.05) is 6.54 Å². The molecule has 1 aromatic rings. The molecular formula is C10H14F3N5O2. The van der Waals surface area contributed by atoms with Crippen molar-refractivity contribution in [2.75, 3.05) is 23.7 Å². The van der Waals surface area contributed by atoms with Crippen LogP contribution in [0.2, 0.25) is 0 Å². The summed E-state index contributed by atoms with van der Waals surface area (Å²) in [5.41, 5.74) is 4.75. The van der Waals surface area contributed by atoms with Gasteiger partial charge in [-0.1, -0.05) is 6.92 Å². The van der Waals surface area contributed by atoms with Crippen LogP contribution in [0.15, 0.2) is 0 Å². The second kappa shape index (κ2) is 5.88. The first-order valence-electron chi connectivity index (χ1n) is 5.76. The van der Waals surface area contributed by atoms with Gasteiger partial charge in [0.1, 0.15) is 12.2 Å². The summed E-state index contributed by atoms with van der Waals surface area (Å²) in [6, 6.07) is 0. The molecule has 1 rings (SSSR count). The van der Waals surface area contributed by atoms with Crippen LogP contribution in [0.5, 0.6) is 0 Å². The number of aromatic nitrogens is 2. The van der Waals surface area contributed by atoms with E-state index in [4.69, 9.17) is 5.73 Å². The number of aryl methyl sites for hydroxylation is 1. The summed E-state index contributed by atoms with van der Waals surface area (Å²) in [5.74, 6) is -0.703. The summed E-state index contributed by atoms with van der Waals surface area (Å²) < 4.78 is 37.7. The maximum atomic E-state index is 12.6. The zero-order valence-corrected chi connectivity index (χ0v) is 10.9. The predicted octanol–water partition coefficient (Wildman–Crippen LogP) is 2.05. The number of nitrogens with zero attached hydrogens (tertiary/aromatic N) is 4. The van der Waals surface area contributed by atoms with Crippen molar-refractivity contribution in [2.24, 2.45) is 0 Å². The molecule has 10 heteroatoms. The fourth-order valence-corrected chi connectivity index (χ4v) is 1.75. The summed E-state index contributed by atoms with van der Waals surface area (Å²) in [5, 5.41) is 11.0. The van der Waals surface area contributed by atoms with E-state index in [1.807, 2.05) is 0 Å². The first kappa shape index (κ1) is 15.9. The molecule has 112 valence electrons. The molecule has 0 atom stereocenters. The molecule has 0 amide bonds. The van der Waals surface area contributed by atoms with Crippen LogP contribution in [0.25, 0.3) is 0 Å². The Morgan fingerprint density at radius 1 is 1.40 bits per heavy atom. The molecule has 0 saturated carbocycles. The van der Waals surface area contributed by atoms with E-state index in [1.54, 1.807) is 6.92 Å². The van der Waals surface area contributed by atoms with Crippen LogP contribution < -0.4 is 10.6 Å². The van der Waals surface area contributed by atoms with Gasteiger partial charge < -0.3 is 10.6 Å². The van der Waals surface area contributed by atoms with E-state index in [1.165, 1.54) is 6.92 Å². The lowest BCUT2D eigenvalue weighted by Gasteiger charge is -2.24. The Hall–Kier alpha value is -2.13. The van der Waals surface area contributed by atoms with Gasteiger partial charge in [-0.05, 0) is 13.3 Å². The van der Waals surface area contributed by atoms with Crippen LogP contribution in [0, 0.1) is 17.0 Å². The number of alkyl halides is 3. The SMILES string of the molecule is CCCN(CC(F)(F)F)c1nc(N)nc(C)c1[N+](=O)[O-]. The standard InChI is InChI=1S/C10H14F3N5O2/c1-3-4-17(5-10(11,12)13)8-7(18(19)20)6(2)15-9(14)16-8/h3-5H2,1-2H3,(H2,14,15,16). The lowest BCUT2D eigenvalue weighted by Crippen LogP contribution is -2.36. The van der Waals surface area contributed by atoms with E-state index in [2.05, 4.69) is 9.97 Å². The largest absolute Gasteiger partial charge is 0.405 e. The van der Waals surface area contributed by atoms with Gasteiger partial charge in [-0.3, -0.25) is 10.1 Å². The van der Waals surface area contributed by atoms with Crippen molar-refractivity contribution in [3.05, 3.63) is 15.8 Å². The molecule has 1 aromatic heterocycles. The molecule has 0 fully saturated rings. The van der Waals surface area contributed by atoms with Gasteiger partial charge in [-0.15, -0.1) is 0 Å². The summed E-state index contributed by atoms with van der Waals surface area (Å²) in [6.07, 6.45) is -4.13. The Kier molecular flexibility index (Phi) is 4.69. The average Bonchev–Trinajstić information content (AvgIpc) is 2.24. The molecule has 0 aromatic carbocycles. The Morgan fingerprint density at radius 3 is 2.45 bits per heavy atom. The normalized spacial score (nSPS) is 11.4. The lowest BCUT2D eigenvalue weighted by atomic mass is 10.3. The fourth-order valence-electron chi connectivity index (χ4n) is 1.75. The molecule has 0 spiro atoms. The van der Waals surface area contributed by atoms with Crippen LogP contribution in [0.1, 0.15) is 19.0 Å². The molecule has 0 radical (unpaired) electrons. The Balaban J connectivity index is 3.34. The maximum absolute atomic E-state index is 12.6.